The van der Waals surface area contributed by atoms with Gasteiger partial charge in [-0.3, -0.25) is 9.59 Å². The lowest BCUT2D eigenvalue weighted by molar-refractivity contribution is -0.221. The predicted molar refractivity (Wildman–Crippen MR) is 102 cm³/mol. The first kappa shape index (κ1) is 20.2. The number of carbonyl (C=O) groups is 2. The van der Waals surface area contributed by atoms with E-state index in [0.29, 0.717) is 6.42 Å². The Labute approximate surface area is 168 Å². The Morgan fingerprint density at radius 1 is 1.29 bits per heavy atom. The van der Waals surface area contributed by atoms with Crippen LogP contribution in [-0.4, -0.2) is 44.7 Å². The summed E-state index contributed by atoms with van der Waals surface area (Å²) in [6, 6.07) is 0. The predicted octanol–water partition coefficient (Wildman–Crippen LogP) is 2.74. The maximum atomic E-state index is 16.8. The summed E-state index contributed by atoms with van der Waals surface area (Å²) in [4.78, 5) is 24.1. The smallest absolute Gasteiger partial charge is 0.218 e. The Morgan fingerprint density at radius 3 is 2.54 bits per heavy atom. The third kappa shape index (κ3) is 2.03. The van der Waals surface area contributed by atoms with Gasteiger partial charge in [-0.25, -0.2) is 8.78 Å². The molecule has 2 unspecified atom stereocenters. The van der Waals surface area contributed by atoms with E-state index in [1.165, 1.54) is 19.1 Å². The van der Waals surface area contributed by atoms with Crippen molar-refractivity contribution in [3.63, 3.8) is 0 Å². The average molecular weight is 412 g/mol. The van der Waals surface area contributed by atoms with Crippen LogP contribution in [-0.2, 0) is 9.59 Å². The van der Waals surface area contributed by atoms with Crippen LogP contribution in [0.25, 0.3) is 0 Å². The van der Waals surface area contributed by atoms with Crippen molar-refractivity contribution < 1.29 is 28.6 Å². The number of aliphatic hydroxyl groups is 2. The SMILES string of the molecule is C[C@@H]1CC2C3C[C@H](F)C4=CC(=O)C=C[C@]4(C)[C@@]3(F)[C@@H](O)C[C@]2(C)[C@@]1(O)C(=O)S. The topological polar surface area (TPSA) is 74.6 Å². The van der Waals surface area contributed by atoms with Gasteiger partial charge in [0.25, 0.3) is 0 Å². The number of hydrogen-bond donors (Lipinski definition) is 3. The minimum absolute atomic E-state index is 0.0629. The van der Waals surface area contributed by atoms with Crippen LogP contribution < -0.4 is 0 Å². The van der Waals surface area contributed by atoms with Gasteiger partial charge in [0.05, 0.1) is 6.10 Å². The minimum atomic E-state index is -2.20. The van der Waals surface area contributed by atoms with Crippen molar-refractivity contribution in [1.29, 1.82) is 0 Å². The van der Waals surface area contributed by atoms with Gasteiger partial charge in [-0.05, 0) is 55.7 Å². The minimum Gasteiger partial charge on any atom is -0.390 e. The molecule has 154 valence electrons. The quantitative estimate of drug-likeness (QED) is 0.579. The maximum absolute atomic E-state index is 16.8. The van der Waals surface area contributed by atoms with E-state index in [9.17, 15) is 19.8 Å². The molecule has 4 aliphatic carbocycles. The molecule has 0 radical (unpaired) electrons. The van der Waals surface area contributed by atoms with Gasteiger partial charge in [0.15, 0.2) is 11.5 Å². The number of hydrogen-bond acceptors (Lipinski definition) is 4. The zero-order valence-corrected chi connectivity index (χ0v) is 17.0. The van der Waals surface area contributed by atoms with Crippen molar-refractivity contribution in [3.05, 3.63) is 23.8 Å². The molecule has 7 heteroatoms. The van der Waals surface area contributed by atoms with Crippen LogP contribution in [0.15, 0.2) is 23.8 Å². The third-order valence-electron chi connectivity index (χ3n) is 8.54. The van der Waals surface area contributed by atoms with Crippen LogP contribution in [0.5, 0.6) is 0 Å². The molecular formula is C21H26F2O4S. The Kier molecular flexibility index (Phi) is 4.16. The lowest BCUT2D eigenvalue weighted by atomic mass is 9.44. The number of carbonyl (C=O) groups excluding carboxylic acids is 2. The number of aliphatic hydroxyl groups excluding tert-OH is 1. The van der Waals surface area contributed by atoms with Gasteiger partial charge in [-0.1, -0.05) is 19.9 Å². The molecule has 3 fully saturated rings. The summed E-state index contributed by atoms with van der Waals surface area (Å²) in [7, 11) is 0. The van der Waals surface area contributed by atoms with E-state index in [-0.39, 0.29) is 18.4 Å². The first-order chi connectivity index (χ1) is 12.8. The van der Waals surface area contributed by atoms with Gasteiger partial charge in [-0.15, -0.1) is 12.6 Å². The first-order valence-corrected chi connectivity index (χ1v) is 10.2. The molecule has 28 heavy (non-hydrogen) atoms. The van der Waals surface area contributed by atoms with Crippen molar-refractivity contribution in [2.45, 2.75) is 63.6 Å². The molecule has 0 aliphatic heterocycles. The van der Waals surface area contributed by atoms with E-state index < -0.39 is 63.0 Å². The number of alkyl halides is 2. The number of halogens is 2. The standard InChI is InChI=1S/C21H26F2O4S/c1-10-6-12-13-8-15(22)14-7-11(24)4-5-18(14,2)20(13,23)16(25)9-19(12,3)21(10,27)17(26)28/h4-5,7,10,12-13,15-16,25,27H,6,8-9H2,1-3H3,(H,26,28)/t10-,12?,13?,15+,16+,18+,19+,20+,21+/m1/s1. The molecule has 2 N–H and O–H groups in total. The molecule has 0 saturated heterocycles. The van der Waals surface area contributed by atoms with Gasteiger partial charge in [0.2, 0.25) is 5.12 Å². The van der Waals surface area contributed by atoms with E-state index in [1.807, 2.05) is 0 Å². The zero-order chi connectivity index (χ0) is 20.9. The lowest BCUT2D eigenvalue weighted by Gasteiger charge is -2.62. The summed E-state index contributed by atoms with van der Waals surface area (Å²) < 4.78 is 32.0. The van der Waals surface area contributed by atoms with Crippen LogP contribution in [0, 0.1) is 28.6 Å². The van der Waals surface area contributed by atoms with Gasteiger partial charge >= 0.3 is 0 Å². The summed E-state index contributed by atoms with van der Waals surface area (Å²) in [6.07, 6.45) is 0.703. The number of allylic oxidation sites excluding steroid dienone is 4. The molecule has 0 heterocycles. The summed E-state index contributed by atoms with van der Waals surface area (Å²) in [5, 5.41) is 21.6. The molecule has 0 amide bonds. The fourth-order valence-corrected chi connectivity index (χ4v) is 7.47. The number of thiol groups is 1. The van der Waals surface area contributed by atoms with E-state index in [4.69, 9.17) is 0 Å². The maximum Gasteiger partial charge on any atom is 0.218 e. The largest absolute Gasteiger partial charge is 0.390 e. The molecule has 4 nitrogen and oxygen atoms in total. The zero-order valence-electron chi connectivity index (χ0n) is 16.2. The van der Waals surface area contributed by atoms with Crippen molar-refractivity contribution in [2.24, 2.45) is 28.6 Å². The van der Waals surface area contributed by atoms with E-state index in [0.717, 1.165) is 6.08 Å². The normalized spacial score (nSPS) is 55.2. The second-order valence-corrected chi connectivity index (χ2v) is 9.97. The Bertz CT molecular complexity index is 827. The van der Waals surface area contributed by atoms with Gasteiger partial charge < -0.3 is 10.2 Å². The lowest BCUT2D eigenvalue weighted by Crippen LogP contribution is -2.70. The fourth-order valence-electron chi connectivity index (χ4n) is 7.00. The average Bonchev–Trinajstić information content (AvgIpc) is 2.81. The van der Waals surface area contributed by atoms with Crippen LogP contribution in [0.4, 0.5) is 8.78 Å². The third-order valence-corrected chi connectivity index (χ3v) is 8.88. The highest BCUT2D eigenvalue weighted by molar-refractivity contribution is 7.96. The molecule has 0 spiro atoms. The van der Waals surface area contributed by atoms with Crippen LogP contribution >= 0.6 is 12.6 Å². The molecule has 4 rings (SSSR count). The molecule has 0 aromatic rings. The van der Waals surface area contributed by atoms with Crippen LogP contribution in [0.2, 0.25) is 0 Å². The Hall–Kier alpha value is -1.05. The van der Waals surface area contributed by atoms with Gasteiger partial charge in [-0.2, -0.15) is 0 Å². The van der Waals surface area contributed by atoms with Crippen LogP contribution in [0.1, 0.15) is 40.0 Å². The molecule has 0 aromatic carbocycles. The summed E-state index contributed by atoms with van der Waals surface area (Å²) >= 11 is 3.90. The number of fused-ring (bicyclic) bond motifs is 5. The molecular weight excluding hydrogens is 386 g/mol. The van der Waals surface area contributed by atoms with Crippen molar-refractivity contribution in [1.82, 2.24) is 0 Å². The molecule has 0 bridgehead atoms. The van der Waals surface area contributed by atoms with Gasteiger partial charge in [0.1, 0.15) is 11.8 Å². The summed E-state index contributed by atoms with van der Waals surface area (Å²) in [5.74, 6) is -2.29. The second-order valence-electron chi connectivity index (χ2n) is 9.57. The molecule has 3 saturated carbocycles. The number of ketones is 1. The van der Waals surface area contributed by atoms with Crippen molar-refractivity contribution in [3.8, 4) is 0 Å². The van der Waals surface area contributed by atoms with E-state index in [1.54, 1.807) is 13.8 Å². The first-order valence-electron chi connectivity index (χ1n) is 9.76. The summed E-state index contributed by atoms with van der Waals surface area (Å²) in [5.41, 5.74) is -6.53. The monoisotopic (exact) mass is 412 g/mol. The molecule has 4 aliphatic rings. The number of rotatable bonds is 1. The van der Waals surface area contributed by atoms with Crippen molar-refractivity contribution >= 4 is 23.5 Å². The van der Waals surface area contributed by atoms with Gasteiger partial charge in [0, 0.05) is 16.7 Å². The highest BCUT2D eigenvalue weighted by Gasteiger charge is 2.76. The highest BCUT2D eigenvalue weighted by atomic mass is 32.1. The molecule has 0 aromatic heterocycles. The molecule has 9 atom stereocenters. The van der Waals surface area contributed by atoms with Crippen molar-refractivity contribution in [2.75, 3.05) is 0 Å². The summed E-state index contributed by atoms with van der Waals surface area (Å²) in [6.45, 7) is 4.92. The second kappa shape index (κ2) is 5.76. The van der Waals surface area contributed by atoms with Crippen LogP contribution in [0.3, 0.4) is 0 Å². The van der Waals surface area contributed by atoms with E-state index >= 15 is 8.78 Å². The van der Waals surface area contributed by atoms with E-state index in [2.05, 4.69) is 12.6 Å². The fraction of sp³-hybridized carbons (Fsp3) is 0.714. The highest BCUT2D eigenvalue weighted by Crippen LogP contribution is 2.71. The Morgan fingerprint density at radius 2 is 1.93 bits per heavy atom. The Balaban J connectivity index is 1.88.